The molecule has 6 heteroatoms. The minimum atomic E-state index is -0.522. The summed E-state index contributed by atoms with van der Waals surface area (Å²) in [6.07, 6.45) is 3.41. The second kappa shape index (κ2) is 9.16. The van der Waals surface area contributed by atoms with E-state index in [4.69, 9.17) is 4.74 Å². The van der Waals surface area contributed by atoms with Crippen molar-refractivity contribution in [3.05, 3.63) is 71.4 Å². The number of ketones is 1. The SMILES string of the molecule is CCc1cccc2c(C(=O)COC(=O)[C@@H]3CC(=O)N(CCc4ccccc4)C3)c[nH]c12. The predicted molar refractivity (Wildman–Crippen MR) is 118 cm³/mol. The van der Waals surface area contributed by atoms with Gasteiger partial charge in [0.1, 0.15) is 0 Å². The summed E-state index contributed by atoms with van der Waals surface area (Å²) in [5.74, 6) is -1.31. The lowest BCUT2D eigenvalue weighted by atomic mass is 10.1. The Kier molecular flexibility index (Phi) is 6.16. The van der Waals surface area contributed by atoms with E-state index in [1.54, 1.807) is 11.1 Å². The van der Waals surface area contributed by atoms with Crippen molar-refractivity contribution in [2.75, 3.05) is 19.7 Å². The van der Waals surface area contributed by atoms with Crippen molar-refractivity contribution in [1.29, 1.82) is 0 Å². The van der Waals surface area contributed by atoms with E-state index >= 15 is 0 Å². The summed E-state index contributed by atoms with van der Waals surface area (Å²) in [6.45, 7) is 2.65. The van der Waals surface area contributed by atoms with Gasteiger partial charge in [-0.15, -0.1) is 0 Å². The number of rotatable bonds is 8. The molecule has 1 atom stereocenters. The lowest BCUT2D eigenvalue weighted by Gasteiger charge is -2.16. The third-order valence-corrected chi connectivity index (χ3v) is 5.89. The molecule has 0 saturated carbocycles. The van der Waals surface area contributed by atoms with Crippen LogP contribution in [-0.4, -0.2) is 47.2 Å². The number of hydrogen-bond acceptors (Lipinski definition) is 4. The molecule has 1 saturated heterocycles. The number of aromatic nitrogens is 1. The van der Waals surface area contributed by atoms with E-state index in [0.29, 0.717) is 18.7 Å². The first kappa shape index (κ1) is 20.8. The Hall–Kier alpha value is -3.41. The standard InChI is InChI=1S/C25H26N2O4/c1-2-18-9-6-10-20-21(14-26-24(18)20)22(28)16-31-25(30)19-13-23(29)27(15-19)12-11-17-7-4-3-5-8-17/h3-10,14,19,26H,2,11-13,15-16H2,1H3/t19-/m1/s1. The molecule has 0 spiro atoms. The van der Waals surface area contributed by atoms with Crippen LogP contribution >= 0.6 is 0 Å². The highest BCUT2D eigenvalue weighted by Crippen LogP contribution is 2.23. The Morgan fingerprint density at radius 1 is 1.13 bits per heavy atom. The van der Waals surface area contributed by atoms with Crippen LogP contribution in [0.5, 0.6) is 0 Å². The molecule has 0 radical (unpaired) electrons. The highest BCUT2D eigenvalue weighted by Gasteiger charge is 2.35. The minimum Gasteiger partial charge on any atom is -0.457 e. The molecule has 1 fully saturated rings. The first-order valence-corrected chi connectivity index (χ1v) is 10.7. The summed E-state index contributed by atoms with van der Waals surface area (Å²) in [7, 11) is 0. The Bertz CT molecular complexity index is 1100. The highest BCUT2D eigenvalue weighted by molar-refractivity contribution is 6.09. The lowest BCUT2D eigenvalue weighted by Crippen LogP contribution is -2.29. The average molecular weight is 418 g/mol. The number of fused-ring (bicyclic) bond motifs is 1. The maximum atomic E-state index is 12.7. The van der Waals surface area contributed by atoms with Crippen LogP contribution in [0.15, 0.2) is 54.7 Å². The Balaban J connectivity index is 1.32. The number of benzene rings is 2. The van der Waals surface area contributed by atoms with Gasteiger partial charge in [0.05, 0.1) is 5.92 Å². The van der Waals surface area contributed by atoms with Crippen molar-refractivity contribution >= 4 is 28.6 Å². The van der Waals surface area contributed by atoms with Crippen LogP contribution in [0.4, 0.5) is 0 Å². The van der Waals surface area contributed by atoms with Crippen LogP contribution in [0.3, 0.4) is 0 Å². The molecule has 1 amide bonds. The fraction of sp³-hybridized carbons (Fsp3) is 0.320. The summed E-state index contributed by atoms with van der Waals surface area (Å²) in [5.41, 5.74) is 3.74. The van der Waals surface area contributed by atoms with Crippen LogP contribution in [0.1, 0.15) is 34.8 Å². The summed E-state index contributed by atoms with van der Waals surface area (Å²) in [6, 6.07) is 15.8. The van der Waals surface area contributed by atoms with Crippen molar-refractivity contribution in [3.8, 4) is 0 Å². The van der Waals surface area contributed by atoms with E-state index in [9.17, 15) is 14.4 Å². The molecule has 1 aliphatic heterocycles. The van der Waals surface area contributed by atoms with E-state index in [2.05, 4.69) is 11.9 Å². The number of ether oxygens (including phenoxy) is 1. The van der Waals surface area contributed by atoms with E-state index in [1.165, 1.54) is 0 Å². The first-order chi connectivity index (χ1) is 15.1. The average Bonchev–Trinajstić information content (AvgIpc) is 3.40. The number of likely N-dealkylation sites (tertiary alicyclic amines) is 1. The number of Topliss-reactive ketones (excluding diaryl/α,β-unsaturated/α-hetero) is 1. The maximum absolute atomic E-state index is 12.7. The fourth-order valence-electron chi connectivity index (χ4n) is 4.13. The van der Waals surface area contributed by atoms with Crippen molar-refractivity contribution < 1.29 is 19.1 Å². The third kappa shape index (κ3) is 4.53. The first-order valence-electron chi connectivity index (χ1n) is 10.7. The lowest BCUT2D eigenvalue weighted by molar-refractivity contribution is -0.147. The van der Waals surface area contributed by atoms with Gasteiger partial charge in [0.15, 0.2) is 6.61 Å². The molecule has 2 aromatic carbocycles. The number of nitrogens with one attached hydrogen (secondary N) is 1. The van der Waals surface area contributed by atoms with Gasteiger partial charge in [-0.2, -0.15) is 0 Å². The largest absolute Gasteiger partial charge is 0.457 e. The molecule has 2 heterocycles. The van der Waals surface area contributed by atoms with Gasteiger partial charge in [-0.3, -0.25) is 14.4 Å². The number of carbonyl (C=O) groups excluding carboxylic acids is 3. The Morgan fingerprint density at radius 2 is 1.94 bits per heavy atom. The zero-order chi connectivity index (χ0) is 21.8. The maximum Gasteiger partial charge on any atom is 0.311 e. The van der Waals surface area contributed by atoms with Gasteiger partial charge in [0, 0.05) is 42.2 Å². The number of H-pyrrole nitrogens is 1. The zero-order valence-electron chi connectivity index (χ0n) is 17.6. The van der Waals surface area contributed by atoms with E-state index in [0.717, 1.165) is 34.9 Å². The van der Waals surface area contributed by atoms with Crippen molar-refractivity contribution in [2.24, 2.45) is 5.92 Å². The van der Waals surface area contributed by atoms with Crippen LogP contribution in [-0.2, 0) is 27.2 Å². The molecule has 4 rings (SSSR count). The van der Waals surface area contributed by atoms with Gasteiger partial charge in [0.2, 0.25) is 11.7 Å². The van der Waals surface area contributed by atoms with Crippen LogP contribution in [0, 0.1) is 5.92 Å². The molecule has 1 aliphatic rings. The van der Waals surface area contributed by atoms with E-state index in [1.807, 2.05) is 48.5 Å². The number of nitrogens with zero attached hydrogens (tertiary/aromatic N) is 1. The zero-order valence-corrected chi connectivity index (χ0v) is 17.6. The number of esters is 1. The number of para-hydroxylation sites is 1. The second-order valence-corrected chi connectivity index (χ2v) is 7.90. The van der Waals surface area contributed by atoms with Gasteiger partial charge >= 0.3 is 5.97 Å². The molecule has 1 aromatic heterocycles. The molecule has 0 bridgehead atoms. The van der Waals surface area contributed by atoms with Gasteiger partial charge in [-0.05, 0) is 24.0 Å². The highest BCUT2D eigenvalue weighted by atomic mass is 16.5. The minimum absolute atomic E-state index is 0.0482. The van der Waals surface area contributed by atoms with Gasteiger partial charge < -0.3 is 14.6 Å². The van der Waals surface area contributed by atoms with Gasteiger partial charge in [-0.1, -0.05) is 55.5 Å². The van der Waals surface area contributed by atoms with Crippen molar-refractivity contribution in [2.45, 2.75) is 26.2 Å². The summed E-state index contributed by atoms with van der Waals surface area (Å²) in [5, 5.41) is 0.837. The Labute approximate surface area is 181 Å². The Morgan fingerprint density at radius 3 is 2.71 bits per heavy atom. The topological polar surface area (TPSA) is 79.5 Å². The van der Waals surface area contributed by atoms with Crippen molar-refractivity contribution in [3.63, 3.8) is 0 Å². The summed E-state index contributed by atoms with van der Waals surface area (Å²) < 4.78 is 5.30. The molecule has 6 nitrogen and oxygen atoms in total. The number of aromatic amines is 1. The molecule has 3 aromatic rings. The molecule has 31 heavy (non-hydrogen) atoms. The molecular formula is C25H26N2O4. The number of amides is 1. The fourth-order valence-corrected chi connectivity index (χ4v) is 4.13. The molecular weight excluding hydrogens is 392 g/mol. The molecule has 0 unspecified atom stereocenters. The van der Waals surface area contributed by atoms with E-state index < -0.39 is 11.9 Å². The number of carbonyl (C=O) groups is 3. The quantitative estimate of drug-likeness (QED) is 0.448. The monoisotopic (exact) mass is 418 g/mol. The predicted octanol–water partition coefficient (Wildman–Crippen LogP) is 3.55. The van der Waals surface area contributed by atoms with Crippen LogP contribution in [0.25, 0.3) is 10.9 Å². The van der Waals surface area contributed by atoms with Gasteiger partial charge in [0.25, 0.3) is 0 Å². The summed E-state index contributed by atoms with van der Waals surface area (Å²) >= 11 is 0. The normalized spacial score (nSPS) is 16.1. The van der Waals surface area contributed by atoms with Crippen LogP contribution < -0.4 is 0 Å². The molecule has 1 N–H and O–H groups in total. The second-order valence-electron chi connectivity index (χ2n) is 7.90. The van der Waals surface area contributed by atoms with E-state index in [-0.39, 0.29) is 24.7 Å². The molecule has 0 aliphatic carbocycles. The number of hydrogen-bond donors (Lipinski definition) is 1. The smallest absolute Gasteiger partial charge is 0.311 e. The van der Waals surface area contributed by atoms with Crippen LogP contribution in [0.2, 0.25) is 0 Å². The van der Waals surface area contributed by atoms with Crippen molar-refractivity contribution in [1.82, 2.24) is 9.88 Å². The van der Waals surface area contributed by atoms with Gasteiger partial charge in [-0.25, -0.2) is 0 Å². The third-order valence-electron chi connectivity index (χ3n) is 5.89. The number of aryl methyl sites for hydroxylation is 1. The summed E-state index contributed by atoms with van der Waals surface area (Å²) in [4.78, 5) is 42.3. The molecule has 160 valence electrons.